The molecule has 0 amide bonds. The Labute approximate surface area is 120 Å². The zero-order chi connectivity index (χ0) is 15.4. The van der Waals surface area contributed by atoms with E-state index in [1.165, 1.54) is 0 Å². The highest BCUT2D eigenvalue weighted by Gasteiger charge is 2.28. The maximum atomic E-state index is 10.9. The summed E-state index contributed by atoms with van der Waals surface area (Å²) in [6.45, 7) is 3.72. The van der Waals surface area contributed by atoms with Crippen LogP contribution in [0.5, 0.6) is 0 Å². The van der Waals surface area contributed by atoms with E-state index in [-0.39, 0.29) is 12.6 Å². The molecule has 1 unspecified atom stereocenters. The zero-order valence-electron chi connectivity index (χ0n) is 12.2. The van der Waals surface area contributed by atoms with Gasteiger partial charge in [0.25, 0.3) is 0 Å². The Kier molecular flexibility index (Phi) is 5.68. The van der Waals surface area contributed by atoms with Crippen molar-refractivity contribution in [1.29, 1.82) is 0 Å². The Morgan fingerprint density at radius 3 is 2.25 bits per heavy atom. The first kappa shape index (κ1) is 17.1. The molecule has 20 heavy (non-hydrogen) atoms. The van der Waals surface area contributed by atoms with Gasteiger partial charge < -0.3 is 14.3 Å². The van der Waals surface area contributed by atoms with Gasteiger partial charge in [-0.2, -0.15) is 0 Å². The first-order valence-corrected chi connectivity index (χ1v) is 7.87. The summed E-state index contributed by atoms with van der Waals surface area (Å²) in [5.41, 5.74) is 2.14. The summed E-state index contributed by atoms with van der Waals surface area (Å²) in [5.74, 6) is 0. The van der Waals surface area contributed by atoms with Crippen LogP contribution in [-0.4, -0.2) is 48.1 Å². The SMILES string of the molecule is C=Cc1ccc(CC(COP(=O)(O)O)[N+](C)(C)C)cc1. The van der Waals surface area contributed by atoms with Gasteiger partial charge in [-0.15, -0.1) is 0 Å². The molecule has 0 aliphatic heterocycles. The Bertz CT molecular complexity index is 487. The fraction of sp³-hybridized carbons (Fsp3) is 0.429. The van der Waals surface area contributed by atoms with Gasteiger partial charge in [0.15, 0.2) is 0 Å². The molecule has 5 nitrogen and oxygen atoms in total. The van der Waals surface area contributed by atoms with Crippen molar-refractivity contribution in [3.8, 4) is 0 Å². The van der Waals surface area contributed by atoms with Crippen LogP contribution in [0, 0.1) is 0 Å². The number of likely N-dealkylation sites (N-methyl/N-ethyl adjacent to an activating group) is 1. The minimum absolute atomic E-state index is 0.0109. The molecule has 112 valence electrons. The standard InChI is InChI=1S/C14H22NO4P/c1-5-12-6-8-13(9-7-12)10-14(15(2,3)4)11-19-20(16,17)18/h5-9,14H,1,10-11H2,2-4H3,(H-,16,17,18)/p+1. The van der Waals surface area contributed by atoms with E-state index in [1.54, 1.807) is 6.08 Å². The topological polar surface area (TPSA) is 66.8 Å². The van der Waals surface area contributed by atoms with Gasteiger partial charge in [-0.3, -0.25) is 4.52 Å². The largest absolute Gasteiger partial charge is 0.469 e. The molecule has 2 N–H and O–H groups in total. The fourth-order valence-electron chi connectivity index (χ4n) is 1.80. The van der Waals surface area contributed by atoms with Crippen LogP contribution in [0.1, 0.15) is 11.1 Å². The second-order valence-electron chi connectivity index (χ2n) is 5.71. The predicted octanol–water partition coefficient (Wildman–Crippen LogP) is 2.06. The predicted molar refractivity (Wildman–Crippen MR) is 80.1 cm³/mol. The average Bonchev–Trinajstić information content (AvgIpc) is 2.32. The zero-order valence-corrected chi connectivity index (χ0v) is 13.1. The number of hydrogen-bond donors (Lipinski definition) is 2. The Hall–Kier alpha value is -0.970. The van der Waals surface area contributed by atoms with Crippen molar-refractivity contribution in [3.05, 3.63) is 42.0 Å². The van der Waals surface area contributed by atoms with Crippen molar-refractivity contribution in [2.75, 3.05) is 27.7 Å². The van der Waals surface area contributed by atoms with E-state index in [2.05, 4.69) is 11.1 Å². The first-order valence-electron chi connectivity index (χ1n) is 6.34. The van der Waals surface area contributed by atoms with E-state index in [0.717, 1.165) is 11.1 Å². The Morgan fingerprint density at radius 2 is 1.85 bits per heavy atom. The Morgan fingerprint density at radius 1 is 1.30 bits per heavy atom. The van der Waals surface area contributed by atoms with Crippen molar-refractivity contribution < 1.29 is 23.4 Å². The van der Waals surface area contributed by atoms with E-state index >= 15 is 0 Å². The molecule has 0 aliphatic rings. The molecule has 0 aliphatic carbocycles. The highest BCUT2D eigenvalue weighted by Crippen LogP contribution is 2.36. The highest BCUT2D eigenvalue weighted by molar-refractivity contribution is 7.46. The lowest BCUT2D eigenvalue weighted by Gasteiger charge is -2.34. The molecular formula is C14H23NO4P+. The van der Waals surface area contributed by atoms with Gasteiger partial charge >= 0.3 is 7.82 Å². The third-order valence-corrected chi connectivity index (χ3v) is 3.70. The molecule has 0 bridgehead atoms. The number of hydrogen-bond acceptors (Lipinski definition) is 2. The summed E-state index contributed by atoms with van der Waals surface area (Å²) < 4.78 is 16.1. The molecule has 1 aromatic rings. The number of nitrogens with zero attached hydrogens (tertiary/aromatic N) is 1. The van der Waals surface area contributed by atoms with Crippen LogP contribution in [-0.2, 0) is 15.5 Å². The molecule has 0 saturated carbocycles. The van der Waals surface area contributed by atoms with Crippen molar-refractivity contribution in [2.45, 2.75) is 12.5 Å². The molecule has 0 fully saturated rings. The summed E-state index contributed by atoms with van der Waals surface area (Å²) >= 11 is 0. The first-order chi connectivity index (χ1) is 9.12. The van der Waals surface area contributed by atoms with Crippen LogP contribution in [0.25, 0.3) is 6.08 Å². The number of phosphoric ester groups is 1. The molecule has 0 spiro atoms. The van der Waals surface area contributed by atoms with Crippen molar-refractivity contribution in [3.63, 3.8) is 0 Å². The maximum Gasteiger partial charge on any atom is 0.469 e. The van der Waals surface area contributed by atoms with Crippen LogP contribution < -0.4 is 0 Å². The van der Waals surface area contributed by atoms with Crippen LogP contribution in [0.15, 0.2) is 30.8 Å². The molecule has 1 atom stereocenters. The number of benzene rings is 1. The average molecular weight is 300 g/mol. The second-order valence-corrected chi connectivity index (χ2v) is 6.95. The molecule has 0 aromatic heterocycles. The van der Waals surface area contributed by atoms with E-state index < -0.39 is 7.82 Å². The molecule has 0 radical (unpaired) electrons. The van der Waals surface area contributed by atoms with Crippen molar-refractivity contribution in [1.82, 2.24) is 0 Å². The van der Waals surface area contributed by atoms with Gasteiger partial charge in [-0.1, -0.05) is 36.9 Å². The number of phosphoric acid groups is 1. The summed E-state index contributed by atoms with van der Waals surface area (Å²) in [4.78, 5) is 17.7. The lowest BCUT2D eigenvalue weighted by molar-refractivity contribution is -0.896. The summed E-state index contributed by atoms with van der Waals surface area (Å²) in [6, 6.07) is 7.89. The summed E-state index contributed by atoms with van der Waals surface area (Å²) in [6.07, 6.45) is 2.46. The molecule has 0 heterocycles. The van der Waals surface area contributed by atoms with Crippen molar-refractivity contribution >= 4 is 13.9 Å². The van der Waals surface area contributed by atoms with Gasteiger partial charge in [-0.25, -0.2) is 4.57 Å². The molecular weight excluding hydrogens is 277 g/mol. The van der Waals surface area contributed by atoms with Gasteiger partial charge in [0.1, 0.15) is 12.6 Å². The van der Waals surface area contributed by atoms with E-state index in [1.807, 2.05) is 45.4 Å². The van der Waals surface area contributed by atoms with Crippen LogP contribution >= 0.6 is 7.82 Å². The third-order valence-electron chi connectivity index (χ3n) is 3.22. The van der Waals surface area contributed by atoms with E-state index in [0.29, 0.717) is 10.9 Å². The van der Waals surface area contributed by atoms with Gasteiger partial charge in [0, 0.05) is 6.42 Å². The molecule has 1 rings (SSSR count). The quantitative estimate of drug-likeness (QED) is 0.597. The lowest BCUT2D eigenvalue weighted by atomic mass is 10.0. The maximum absolute atomic E-state index is 10.9. The van der Waals surface area contributed by atoms with Gasteiger partial charge in [0.2, 0.25) is 0 Å². The minimum Gasteiger partial charge on any atom is -0.326 e. The van der Waals surface area contributed by atoms with Crippen LogP contribution in [0.2, 0.25) is 0 Å². The minimum atomic E-state index is -4.43. The van der Waals surface area contributed by atoms with E-state index in [4.69, 9.17) is 9.79 Å². The lowest BCUT2D eigenvalue weighted by Crippen LogP contribution is -2.48. The number of rotatable bonds is 7. The van der Waals surface area contributed by atoms with Crippen LogP contribution in [0.3, 0.4) is 0 Å². The second kappa shape index (κ2) is 6.66. The smallest absolute Gasteiger partial charge is 0.326 e. The highest BCUT2D eigenvalue weighted by atomic mass is 31.2. The van der Waals surface area contributed by atoms with E-state index in [9.17, 15) is 4.57 Å². The van der Waals surface area contributed by atoms with Crippen molar-refractivity contribution in [2.24, 2.45) is 0 Å². The molecule has 6 heteroatoms. The monoisotopic (exact) mass is 300 g/mol. The van der Waals surface area contributed by atoms with Gasteiger partial charge in [-0.05, 0) is 11.1 Å². The van der Waals surface area contributed by atoms with Crippen LogP contribution in [0.4, 0.5) is 0 Å². The molecule has 1 aromatic carbocycles. The number of quaternary nitrogens is 1. The normalized spacial score (nSPS) is 14.1. The fourth-order valence-corrected chi connectivity index (χ4v) is 2.17. The third kappa shape index (κ3) is 5.99. The molecule has 0 saturated heterocycles. The summed E-state index contributed by atoms with van der Waals surface area (Å²) in [7, 11) is 1.50. The van der Waals surface area contributed by atoms with Gasteiger partial charge in [0.05, 0.1) is 21.1 Å². The summed E-state index contributed by atoms with van der Waals surface area (Å²) in [5, 5.41) is 0. The Balaban J connectivity index is 2.78.